The van der Waals surface area contributed by atoms with E-state index in [0.717, 1.165) is 44.8 Å². The van der Waals surface area contributed by atoms with Crippen LogP contribution in [0.5, 0.6) is 0 Å². The number of aromatic nitrogens is 12. The summed E-state index contributed by atoms with van der Waals surface area (Å²) in [6, 6.07) is 45.7. The molecule has 0 atom stereocenters. The van der Waals surface area contributed by atoms with Gasteiger partial charge in [-0.15, -0.1) is 15.3 Å². The minimum atomic E-state index is 0.433. The second kappa shape index (κ2) is 19.6. The van der Waals surface area contributed by atoms with Crippen molar-refractivity contribution in [3.63, 3.8) is 0 Å². The van der Waals surface area contributed by atoms with E-state index in [1.807, 2.05) is 135 Å². The lowest BCUT2D eigenvalue weighted by Crippen LogP contribution is -2.05. The van der Waals surface area contributed by atoms with E-state index in [4.69, 9.17) is 79.8 Å². The van der Waals surface area contributed by atoms with Crippen LogP contribution in [0.1, 0.15) is 22.3 Å². The Morgan fingerprint density at radius 3 is 1.44 bits per heavy atom. The largest absolute Gasteiger partial charge is 0.231 e. The van der Waals surface area contributed by atoms with Crippen LogP contribution in [0, 0.1) is 13.8 Å². The highest BCUT2D eigenvalue weighted by molar-refractivity contribution is 6.36. The quantitative estimate of drug-likeness (QED) is 0.133. The smallest absolute Gasteiger partial charge is 0.225 e. The maximum atomic E-state index is 6.56. The molecule has 10 rings (SSSR count). The summed E-state index contributed by atoms with van der Waals surface area (Å²) in [5.41, 5.74) is 10.2. The summed E-state index contributed by atoms with van der Waals surface area (Å²) in [5.74, 6) is 0.998. The SMILES string of the molecule is Cc1c(-c2nnn(Cc3ccccc3)n2)nn(-c2ccc(Cl)cc2Cl)c1-c1ccc(Cl)cc1.Cc1c(-c2nnnn2Cc2ccccc2)nn(-c2ccc(Cl)cc2Cl)c1-c1ccc(Cl)cc1. The highest BCUT2D eigenvalue weighted by Crippen LogP contribution is 2.38. The van der Waals surface area contributed by atoms with Crippen LogP contribution in [-0.4, -0.2) is 60.0 Å². The van der Waals surface area contributed by atoms with Gasteiger partial charge >= 0.3 is 0 Å². The van der Waals surface area contributed by atoms with E-state index >= 15 is 0 Å². The summed E-state index contributed by atoms with van der Waals surface area (Å²) >= 11 is 37.6. The van der Waals surface area contributed by atoms with Gasteiger partial charge in [0.25, 0.3) is 0 Å². The first-order valence-corrected chi connectivity index (χ1v) is 22.5. The third-order valence-electron chi connectivity index (χ3n) is 10.5. The van der Waals surface area contributed by atoms with Gasteiger partial charge in [0.1, 0.15) is 11.4 Å². The molecule has 0 saturated carbocycles. The maximum absolute atomic E-state index is 6.56. The van der Waals surface area contributed by atoms with Crippen molar-refractivity contribution in [1.29, 1.82) is 0 Å². The van der Waals surface area contributed by atoms with Crippen molar-refractivity contribution in [3.05, 3.63) is 198 Å². The van der Waals surface area contributed by atoms with Crippen molar-refractivity contribution in [3.8, 4) is 56.9 Å². The summed E-state index contributed by atoms with van der Waals surface area (Å²) < 4.78 is 5.32. The lowest BCUT2D eigenvalue weighted by atomic mass is 10.1. The molecule has 0 bridgehead atoms. The molecule has 0 aliphatic rings. The zero-order valence-electron chi connectivity index (χ0n) is 34.9. The molecule has 4 aromatic heterocycles. The predicted molar refractivity (Wildman–Crippen MR) is 262 cm³/mol. The number of hydrogen-bond acceptors (Lipinski definition) is 8. The van der Waals surface area contributed by atoms with Crippen molar-refractivity contribution >= 4 is 69.6 Å². The normalized spacial score (nSPS) is 11.2. The van der Waals surface area contributed by atoms with E-state index in [1.54, 1.807) is 43.1 Å². The number of rotatable bonds is 10. The highest BCUT2D eigenvalue weighted by Gasteiger charge is 2.25. The molecule has 0 N–H and O–H groups in total. The third-order valence-corrected chi connectivity index (χ3v) is 12.1. The monoisotopic (exact) mass is 988 g/mol. The Hall–Kier alpha value is -6.38. The first kappa shape index (κ1) is 44.8. The Labute approximate surface area is 408 Å². The molecular formula is C48H34Cl6N12. The lowest BCUT2D eigenvalue weighted by Gasteiger charge is -2.11. The number of nitrogens with zero attached hydrogens (tertiary/aromatic N) is 12. The number of benzene rings is 6. The lowest BCUT2D eigenvalue weighted by molar-refractivity contribution is 0.573. The topological polar surface area (TPSA) is 123 Å². The van der Waals surface area contributed by atoms with Gasteiger partial charge in [-0.05, 0) is 101 Å². The predicted octanol–water partition coefficient (Wildman–Crippen LogP) is 13.0. The molecule has 0 unspecified atom stereocenters. The molecule has 18 heteroatoms. The Bertz CT molecular complexity index is 3290. The maximum Gasteiger partial charge on any atom is 0.225 e. The fourth-order valence-corrected chi connectivity index (χ4v) is 8.58. The fourth-order valence-electron chi connectivity index (χ4n) is 7.35. The van der Waals surface area contributed by atoms with E-state index in [1.165, 1.54) is 0 Å². The highest BCUT2D eigenvalue weighted by atomic mass is 35.5. The first-order valence-electron chi connectivity index (χ1n) is 20.2. The molecule has 328 valence electrons. The Kier molecular flexibility index (Phi) is 13.3. The summed E-state index contributed by atoms with van der Waals surface area (Å²) in [4.78, 5) is 1.56. The first-order chi connectivity index (χ1) is 32.0. The van der Waals surface area contributed by atoms with E-state index < -0.39 is 0 Å². The summed E-state index contributed by atoms with van der Waals surface area (Å²) in [5, 5.41) is 38.6. The Balaban J connectivity index is 0.000000166. The van der Waals surface area contributed by atoms with Crippen molar-refractivity contribution in [2.45, 2.75) is 26.9 Å². The van der Waals surface area contributed by atoms with E-state index in [9.17, 15) is 0 Å². The van der Waals surface area contributed by atoms with Gasteiger partial charge in [0, 0.05) is 42.3 Å². The molecule has 0 aliphatic carbocycles. The third kappa shape index (κ3) is 9.61. The van der Waals surface area contributed by atoms with Crippen molar-refractivity contribution < 1.29 is 0 Å². The van der Waals surface area contributed by atoms with Crippen LogP contribution in [-0.2, 0) is 13.1 Å². The Morgan fingerprint density at radius 2 is 0.924 bits per heavy atom. The average Bonchev–Trinajstić information content (AvgIpc) is 4.11. The van der Waals surface area contributed by atoms with Gasteiger partial charge in [-0.1, -0.05) is 155 Å². The van der Waals surface area contributed by atoms with Crippen molar-refractivity contribution in [1.82, 2.24) is 60.0 Å². The molecule has 0 aliphatic heterocycles. The summed E-state index contributed by atoms with van der Waals surface area (Å²) in [6.07, 6.45) is 0. The van der Waals surface area contributed by atoms with Crippen LogP contribution in [0.3, 0.4) is 0 Å². The molecule has 10 aromatic rings. The molecule has 4 heterocycles. The van der Waals surface area contributed by atoms with Gasteiger partial charge in [-0.25, -0.2) is 14.0 Å². The molecule has 0 spiro atoms. The van der Waals surface area contributed by atoms with Gasteiger partial charge in [0.05, 0.1) is 45.9 Å². The molecular weight excluding hydrogens is 957 g/mol. The van der Waals surface area contributed by atoms with Crippen LogP contribution in [0.4, 0.5) is 0 Å². The molecule has 0 radical (unpaired) electrons. The molecule has 0 saturated heterocycles. The van der Waals surface area contributed by atoms with Gasteiger partial charge < -0.3 is 0 Å². The Morgan fingerprint density at radius 1 is 0.455 bits per heavy atom. The second-order valence-electron chi connectivity index (χ2n) is 14.9. The van der Waals surface area contributed by atoms with Gasteiger partial charge in [-0.2, -0.15) is 15.0 Å². The zero-order valence-corrected chi connectivity index (χ0v) is 39.4. The minimum Gasteiger partial charge on any atom is -0.231 e. The number of halogens is 6. The van der Waals surface area contributed by atoms with Gasteiger partial charge in [0.15, 0.2) is 0 Å². The van der Waals surface area contributed by atoms with Gasteiger partial charge in [-0.3, -0.25) is 0 Å². The molecule has 0 fully saturated rings. The molecule has 12 nitrogen and oxygen atoms in total. The van der Waals surface area contributed by atoms with Crippen LogP contribution in [0.2, 0.25) is 30.1 Å². The van der Waals surface area contributed by atoms with Crippen molar-refractivity contribution in [2.75, 3.05) is 0 Å². The van der Waals surface area contributed by atoms with Crippen LogP contribution >= 0.6 is 69.6 Å². The van der Waals surface area contributed by atoms with Crippen molar-refractivity contribution in [2.24, 2.45) is 0 Å². The second-order valence-corrected chi connectivity index (χ2v) is 17.5. The number of hydrogen-bond donors (Lipinski definition) is 0. The van der Waals surface area contributed by atoms with E-state index in [-0.39, 0.29) is 0 Å². The van der Waals surface area contributed by atoms with E-state index in [0.29, 0.717) is 77.6 Å². The van der Waals surface area contributed by atoms with E-state index in [2.05, 4.69) is 30.9 Å². The minimum absolute atomic E-state index is 0.433. The summed E-state index contributed by atoms with van der Waals surface area (Å²) in [6.45, 7) is 5.01. The van der Waals surface area contributed by atoms with Crippen LogP contribution < -0.4 is 0 Å². The average molecular weight is 992 g/mol. The fraction of sp³-hybridized carbons (Fsp3) is 0.0833. The number of tetrazole rings is 2. The van der Waals surface area contributed by atoms with Gasteiger partial charge in [0.2, 0.25) is 11.6 Å². The zero-order chi connectivity index (χ0) is 45.9. The molecule has 6 aromatic carbocycles. The molecule has 0 amide bonds. The molecule has 66 heavy (non-hydrogen) atoms. The van der Waals surface area contributed by atoms with Crippen LogP contribution in [0.25, 0.3) is 56.9 Å². The van der Waals surface area contributed by atoms with Crippen LogP contribution in [0.15, 0.2) is 146 Å². The standard InChI is InChI=1S/2C24H17Cl3N6/c1-15-22(24-28-30-31-32(24)14-16-5-3-2-4-6-16)29-33(21-12-11-19(26)13-20(21)27)23(15)17-7-9-18(25)10-8-17;1-15-22(24-28-31-32(30-24)14-16-5-3-2-4-6-16)29-33(21-12-11-19(26)13-20(21)27)23(15)17-7-9-18(25)10-8-17/h2*2-13H,14H2,1H3. The summed E-state index contributed by atoms with van der Waals surface area (Å²) in [7, 11) is 0.